The highest BCUT2D eigenvalue weighted by Crippen LogP contribution is 2.38. The fourth-order valence-corrected chi connectivity index (χ4v) is 3.04. The molecule has 3 heterocycles. The van der Waals surface area contributed by atoms with E-state index in [0.717, 1.165) is 29.5 Å². The molecule has 3 rings (SSSR count). The Bertz CT molecular complexity index is 990. The van der Waals surface area contributed by atoms with Crippen LogP contribution in [0.25, 0.3) is 11.5 Å². The maximum atomic E-state index is 13.4. The van der Waals surface area contributed by atoms with Gasteiger partial charge in [0, 0.05) is 31.8 Å². The van der Waals surface area contributed by atoms with Crippen LogP contribution in [0.5, 0.6) is 5.75 Å². The highest BCUT2D eigenvalue weighted by molar-refractivity contribution is 7.09. The highest BCUT2D eigenvalue weighted by atomic mass is 32.1. The van der Waals surface area contributed by atoms with Crippen LogP contribution < -0.4 is 15.0 Å². The lowest BCUT2D eigenvalue weighted by Gasteiger charge is -2.16. The number of alkyl halides is 3. The summed E-state index contributed by atoms with van der Waals surface area (Å²) in [5, 5.41) is 3.43. The first kappa shape index (κ1) is 20.8. The number of pyridine rings is 2. The Morgan fingerprint density at radius 2 is 1.97 bits per heavy atom. The lowest BCUT2D eigenvalue weighted by atomic mass is 10.2. The number of hydrogen-bond donors (Lipinski definition) is 1. The first-order valence-corrected chi connectivity index (χ1v) is 9.40. The van der Waals surface area contributed by atoms with Gasteiger partial charge in [0.2, 0.25) is 5.13 Å². The van der Waals surface area contributed by atoms with Crippen molar-refractivity contribution in [3.8, 4) is 17.3 Å². The van der Waals surface area contributed by atoms with Crippen LogP contribution in [0, 0.1) is 0 Å². The predicted octanol–water partition coefficient (Wildman–Crippen LogP) is 4.61. The second kappa shape index (κ2) is 8.19. The van der Waals surface area contributed by atoms with E-state index in [1.165, 1.54) is 0 Å². The van der Waals surface area contributed by atoms with Gasteiger partial charge in [0.1, 0.15) is 17.0 Å². The molecule has 0 saturated heterocycles. The SMILES string of the molecule is CC(C)Oc1cnc(-c2nsc(Nc3ncccc3N(C)C)n2)cc1C(F)(F)F. The van der Waals surface area contributed by atoms with E-state index in [4.69, 9.17) is 4.74 Å². The third-order valence-corrected chi connectivity index (χ3v) is 4.31. The highest BCUT2D eigenvalue weighted by Gasteiger charge is 2.35. The van der Waals surface area contributed by atoms with Crippen LogP contribution in [-0.4, -0.2) is 39.5 Å². The van der Waals surface area contributed by atoms with Crippen molar-refractivity contribution in [1.82, 2.24) is 19.3 Å². The second-order valence-corrected chi connectivity index (χ2v) is 7.30. The van der Waals surface area contributed by atoms with Gasteiger partial charge in [-0.2, -0.15) is 22.5 Å². The Hall–Kier alpha value is -2.95. The summed E-state index contributed by atoms with van der Waals surface area (Å²) in [6.07, 6.45) is -2.33. The van der Waals surface area contributed by atoms with Crippen LogP contribution in [0.2, 0.25) is 0 Å². The number of ether oxygens (including phenoxy) is 1. The Labute approximate surface area is 169 Å². The van der Waals surface area contributed by atoms with Crippen molar-refractivity contribution in [2.75, 3.05) is 24.3 Å². The van der Waals surface area contributed by atoms with E-state index in [1.807, 2.05) is 25.1 Å². The standard InChI is InChI=1S/C18H19F3N6OS/c1-10(2)28-14-9-23-12(8-11(14)18(19,20)21)15-24-17(29-26-15)25-16-13(27(3)4)6-5-7-22-16/h5-10H,1-4H3,(H,22,24,25,26). The molecule has 3 aromatic heterocycles. The normalized spacial score (nSPS) is 11.6. The third-order valence-electron chi connectivity index (χ3n) is 3.68. The molecule has 0 unspecified atom stereocenters. The number of anilines is 3. The van der Waals surface area contributed by atoms with Crippen LogP contribution >= 0.6 is 11.5 Å². The van der Waals surface area contributed by atoms with E-state index >= 15 is 0 Å². The number of aromatic nitrogens is 4. The molecule has 0 fully saturated rings. The zero-order valence-corrected chi connectivity index (χ0v) is 17.0. The summed E-state index contributed by atoms with van der Waals surface area (Å²) in [5.74, 6) is 0.320. The molecule has 0 aliphatic carbocycles. The Morgan fingerprint density at radius 3 is 2.62 bits per heavy atom. The molecule has 3 aromatic rings. The molecular formula is C18H19F3N6OS. The van der Waals surface area contributed by atoms with E-state index in [1.54, 1.807) is 26.1 Å². The molecule has 7 nitrogen and oxygen atoms in total. The molecule has 11 heteroatoms. The van der Waals surface area contributed by atoms with Crippen LogP contribution in [0.3, 0.4) is 0 Å². The molecule has 0 spiro atoms. The molecule has 1 N–H and O–H groups in total. The van der Waals surface area contributed by atoms with Crippen molar-refractivity contribution in [3.63, 3.8) is 0 Å². The first-order chi connectivity index (χ1) is 13.6. The molecule has 0 saturated carbocycles. The van der Waals surface area contributed by atoms with Gasteiger partial charge in [-0.15, -0.1) is 0 Å². The lowest BCUT2D eigenvalue weighted by Crippen LogP contribution is -2.13. The van der Waals surface area contributed by atoms with Crippen LogP contribution in [0.15, 0.2) is 30.6 Å². The molecule has 154 valence electrons. The molecule has 0 aromatic carbocycles. The fourth-order valence-electron chi connectivity index (χ4n) is 2.47. The molecule has 0 aliphatic heterocycles. The summed E-state index contributed by atoms with van der Waals surface area (Å²) in [6, 6.07) is 4.58. The van der Waals surface area contributed by atoms with Gasteiger partial charge < -0.3 is 15.0 Å². The first-order valence-electron chi connectivity index (χ1n) is 8.62. The average molecular weight is 424 g/mol. The van der Waals surface area contributed by atoms with Crippen molar-refractivity contribution >= 4 is 28.2 Å². The minimum absolute atomic E-state index is 0.00610. The van der Waals surface area contributed by atoms with E-state index in [2.05, 4.69) is 24.6 Å². The van der Waals surface area contributed by atoms with Gasteiger partial charge in [-0.05, 0) is 32.0 Å². The molecule has 0 bridgehead atoms. The second-order valence-electron chi connectivity index (χ2n) is 6.54. The van der Waals surface area contributed by atoms with Crippen molar-refractivity contribution in [2.24, 2.45) is 0 Å². The minimum atomic E-state index is -4.59. The summed E-state index contributed by atoms with van der Waals surface area (Å²) < 4.78 is 49.7. The van der Waals surface area contributed by atoms with Crippen LogP contribution in [0.1, 0.15) is 19.4 Å². The van der Waals surface area contributed by atoms with E-state index < -0.39 is 17.8 Å². The molecule has 0 amide bonds. The smallest absolute Gasteiger partial charge is 0.420 e. The Kier molecular flexibility index (Phi) is 5.87. The summed E-state index contributed by atoms with van der Waals surface area (Å²) >= 11 is 1.00. The largest absolute Gasteiger partial charge is 0.489 e. The van der Waals surface area contributed by atoms with Crippen molar-refractivity contribution in [3.05, 3.63) is 36.2 Å². The van der Waals surface area contributed by atoms with Crippen molar-refractivity contribution < 1.29 is 17.9 Å². The summed E-state index contributed by atoms with van der Waals surface area (Å²) in [4.78, 5) is 14.4. The molecule has 0 radical (unpaired) electrons. The topological polar surface area (TPSA) is 76.1 Å². The van der Waals surface area contributed by atoms with Gasteiger partial charge in [-0.3, -0.25) is 0 Å². The van der Waals surface area contributed by atoms with Gasteiger partial charge in [0.05, 0.1) is 18.0 Å². The number of halogens is 3. The maximum Gasteiger partial charge on any atom is 0.420 e. The van der Waals surface area contributed by atoms with Crippen molar-refractivity contribution in [2.45, 2.75) is 26.1 Å². The summed E-state index contributed by atoms with van der Waals surface area (Å²) in [7, 11) is 3.74. The summed E-state index contributed by atoms with van der Waals surface area (Å²) in [6.45, 7) is 3.29. The van der Waals surface area contributed by atoms with Gasteiger partial charge in [-0.1, -0.05) is 0 Å². The van der Waals surface area contributed by atoms with Crippen molar-refractivity contribution in [1.29, 1.82) is 0 Å². The lowest BCUT2D eigenvalue weighted by molar-refractivity contribution is -0.139. The quantitative estimate of drug-likeness (QED) is 0.619. The van der Waals surface area contributed by atoms with Gasteiger partial charge in [0.25, 0.3) is 0 Å². The van der Waals surface area contributed by atoms with Gasteiger partial charge in [-0.25, -0.2) is 9.97 Å². The van der Waals surface area contributed by atoms with Gasteiger partial charge >= 0.3 is 6.18 Å². The summed E-state index contributed by atoms with van der Waals surface area (Å²) in [5.41, 5.74) is -0.0800. The monoisotopic (exact) mass is 424 g/mol. The number of nitrogens with one attached hydrogen (secondary N) is 1. The molecular weight excluding hydrogens is 405 g/mol. The zero-order chi connectivity index (χ0) is 21.2. The minimum Gasteiger partial charge on any atom is -0.489 e. The average Bonchev–Trinajstić information content (AvgIpc) is 3.09. The molecule has 0 aliphatic rings. The van der Waals surface area contributed by atoms with Crippen LogP contribution in [0.4, 0.5) is 29.8 Å². The number of rotatable bonds is 6. The maximum absolute atomic E-state index is 13.4. The zero-order valence-electron chi connectivity index (χ0n) is 16.2. The van der Waals surface area contributed by atoms with Gasteiger partial charge in [0.15, 0.2) is 11.6 Å². The molecule has 29 heavy (non-hydrogen) atoms. The predicted molar refractivity (Wildman–Crippen MR) is 106 cm³/mol. The Balaban J connectivity index is 1.91. The number of nitrogens with zero attached hydrogens (tertiary/aromatic N) is 5. The third kappa shape index (κ3) is 4.91. The Morgan fingerprint density at radius 1 is 1.21 bits per heavy atom. The van der Waals surface area contributed by atoms with E-state index in [-0.39, 0.29) is 17.3 Å². The fraction of sp³-hybridized carbons (Fsp3) is 0.333. The van der Waals surface area contributed by atoms with E-state index in [9.17, 15) is 13.2 Å². The van der Waals surface area contributed by atoms with Crippen LogP contribution in [-0.2, 0) is 6.18 Å². The van der Waals surface area contributed by atoms with E-state index in [0.29, 0.717) is 10.9 Å². The number of hydrogen-bond acceptors (Lipinski definition) is 8. The molecule has 0 atom stereocenters.